The number of benzene rings is 1. The van der Waals surface area contributed by atoms with Gasteiger partial charge in [-0.15, -0.1) is 0 Å². The maximum Gasteiger partial charge on any atom is 0.236 e. The van der Waals surface area contributed by atoms with Crippen molar-refractivity contribution < 1.29 is 9.53 Å². The first kappa shape index (κ1) is 22.6. The van der Waals surface area contributed by atoms with Gasteiger partial charge in [0.25, 0.3) is 0 Å². The molecule has 0 aromatic heterocycles. The number of aryl methyl sites for hydroxylation is 1. The average molecular weight is 416 g/mol. The van der Waals surface area contributed by atoms with E-state index in [0.29, 0.717) is 25.7 Å². The minimum absolute atomic E-state index is 0.222. The van der Waals surface area contributed by atoms with Crippen molar-refractivity contribution >= 4 is 11.9 Å². The zero-order valence-corrected chi connectivity index (χ0v) is 18.8. The van der Waals surface area contributed by atoms with Crippen LogP contribution in [0.15, 0.2) is 29.3 Å². The fraction of sp³-hybridized carbons (Fsp3) is 0.652. The third-order valence-electron chi connectivity index (χ3n) is 5.89. The zero-order chi connectivity index (χ0) is 21.3. The fourth-order valence-corrected chi connectivity index (χ4v) is 3.87. The predicted molar refractivity (Wildman–Crippen MR) is 121 cm³/mol. The van der Waals surface area contributed by atoms with Crippen molar-refractivity contribution in [1.82, 2.24) is 20.0 Å². The molecule has 0 spiro atoms. The summed E-state index contributed by atoms with van der Waals surface area (Å²) < 4.78 is 5.34. The molecule has 2 saturated heterocycles. The lowest BCUT2D eigenvalue weighted by Crippen LogP contribution is -2.55. The first-order valence-electron chi connectivity index (χ1n) is 11.2. The number of piperazine rings is 1. The number of ether oxygens (including phenoxy) is 1. The molecule has 7 heteroatoms. The summed E-state index contributed by atoms with van der Waals surface area (Å²) in [4.78, 5) is 23.9. The summed E-state index contributed by atoms with van der Waals surface area (Å²) in [6.07, 6.45) is 0. The largest absolute Gasteiger partial charge is 0.378 e. The van der Waals surface area contributed by atoms with Crippen LogP contribution in [0.2, 0.25) is 0 Å². The number of hydrogen-bond donors (Lipinski definition) is 1. The lowest BCUT2D eigenvalue weighted by Gasteiger charge is -2.37. The number of nitrogens with zero attached hydrogens (tertiary/aromatic N) is 4. The van der Waals surface area contributed by atoms with Crippen LogP contribution in [0, 0.1) is 6.92 Å². The monoisotopic (exact) mass is 415 g/mol. The van der Waals surface area contributed by atoms with Crippen LogP contribution in [0.5, 0.6) is 0 Å². The Labute approximate surface area is 181 Å². The topological polar surface area (TPSA) is 60.4 Å². The number of rotatable bonds is 6. The van der Waals surface area contributed by atoms with Crippen molar-refractivity contribution in [1.29, 1.82) is 0 Å². The number of amides is 1. The molecule has 1 amide bonds. The highest BCUT2D eigenvalue weighted by Gasteiger charge is 2.24. The van der Waals surface area contributed by atoms with Crippen molar-refractivity contribution in [3.8, 4) is 0 Å². The molecule has 1 unspecified atom stereocenters. The Balaban J connectivity index is 1.50. The van der Waals surface area contributed by atoms with Crippen LogP contribution in [-0.2, 0) is 9.53 Å². The Hall–Kier alpha value is -2.12. The highest BCUT2D eigenvalue weighted by atomic mass is 16.5. The summed E-state index contributed by atoms with van der Waals surface area (Å²) in [5.41, 5.74) is 2.61. The number of aliphatic imine (C=N–C) groups is 1. The summed E-state index contributed by atoms with van der Waals surface area (Å²) in [5, 5.41) is 3.44. The Morgan fingerprint density at radius 1 is 1.07 bits per heavy atom. The Morgan fingerprint density at radius 3 is 2.37 bits per heavy atom. The van der Waals surface area contributed by atoms with Crippen LogP contribution >= 0.6 is 0 Å². The minimum Gasteiger partial charge on any atom is -0.378 e. The molecule has 2 fully saturated rings. The highest BCUT2D eigenvalue weighted by Crippen LogP contribution is 2.16. The molecular formula is C23H37N5O2. The standard InChI is InChI=1S/C23H37N5O2/c1-4-24-23(25-17-20(3)21-7-5-19(2)6-8-21)28-11-9-26(10-12-28)18-22(29)27-13-15-30-16-14-27/h5-8,20H,4,9-18H2,1-3H3,(H,24,25). The highest BCUT2D eigenvalue weighted by molar-refractivity contribution is 5.80. The summed E-state index contributed by atoms with van der Waals surface area (Å²) >= 11 is 0. The molecular weight excluding hydrogens is 378 g/mol. The van der Waals surface area contributed by atoms with Gasteiger partial charge >= 0.3 is 0 Å². The van der Waals surface area contributed by atoms with Crippen molar-refractivity contribution in [3.63, 3.8) is 0 Å². The zero-order valence-electron chi connectivity index (χ0n) is 18.8. The van der Waals surface area contributed by atoms with Crippen LogP contribution in [-0.4, -0.2) is 98.7 Å². The van der Waals surface area contributed by atoms with E-state index in [-0.39, 0.29) is 5.91 Å². The molecule has 30 heavy (non-hydrogen) atoms. The molecule has 3 rings (SSSR count). The van der Waals surface area contributed by atoms with Crippen molar-refractivity contribution in [2.75, 3.05) is 72.1 Å². The molecule has 7 nitrogen and oxygen atoms in total. The molecule has 166 valence electrons. The van der Waals surface area contributed by atoms with Crippen LogP contribution in [0.4, 0.5) is 0 Å². The van der Waals surface area contributed by atoms with Crippen molar-refractivity contribution in [2.24, 2.45) is 4.99 Å². The maximum absolute atomic E-state index is 12.5. The number of hydrogen-bond acceptors (Lipinski definition) is 4. The van der Waals surface area contributed by atoms with Crippen molar-refractivity contribution in [3.05, 3.63) is 35.4 Å². The Kier molecular flexibility index (Phi) is 8.51. The van der Waals surface area contributed by atoms with Crippen LogP contribution in [0.3, 0.4) is 0 Å². The van der Waals surface area contributed by atoms with E-state index in [0.717, 1.165) is 58.3 Å². The predicted octanol–water partition coefficient (Wildman–Crippen LogP) is 1.54. The quantitative estimate of drug-likeness (QED) is 0.564. The molecule has 0 bridgehead atoms. The first-order chi connectivity index (χ1) is 14.6. The average Bonchev–Trinajstić information content (AvgIpc) is 2.78. The molecule has 2 heterocycles. The number of nitrogens with one attached hydrogen (secondary N) is 1. The van der Waals surface area contributed by atoms with Gasteiger partial charge in [0.05, 0.1) is 19.8 Å². The third kappa shape index (κ3) is 6.44. The van der Waals surface area contributed by atoms with Gasteiger partial charge in [0, 0.05) is 58.3 Å². The lowest BCUT2D eigenvalue weighted by molar-refractivity contribution is -0.136. The molecule has 1 N–H and O–H groups in total. The molecule has 0 saturated carbocycles. The van der Waals surface area contributed by atoms with E-state index >= 15 is 0 Å². The summed E-state index contributed by atoms with van der Waals surface area (Å²) in [7, 11) is 0. The van der Waals surface area contributed by atoms with Gasteiger partial charge in [0.2, 0.25) is 5.91 Å². The molecule has 1 aromatic carbocycles. The molecule has 1 aromatic rings. The van der Waals surface area contributed by atoms with Gasteiger partial charge in [-0.05, 0) is 19.4 Å². The van der Waals surface area contributed by atoms with Gasteiger partial charge in [-0.1, -0.05) is 36.8 Å². The van der Waals surface area contributed by atoms with E-state index in [4.69, 9.17) is 9.73 Å². The molecule has 2 aliphatic heterocycles. The minimum atomic E-state index is 0.222. The van der Waals surface area contributed by atoms with Gasteiger partial charge in [-0.25, -0.2) is 0 Å². The van der Waals surface area contributed by atoms with Crippen LogP contribution < -0.4 is 5.32 Å². The Bertz CT molecular complexity index is 692. The van der Waals surface area contributed by atoms with Crippen molar-refractivity contribution in [2.45, 2.75) is 26.7 Å². The van der Waals surface area contributed by atoms with E-state index in [9.17, 15) is 4.79 Å². The summed E-state index contributed by atoms with van der Waals surface area (Å²) in [5.74, 6) is 1.58. The second-order valence-corrected chi connectivity index (χ2v) is 8.26. The molecule has 0 radical (unpaired) electrons. The van der Waals surface area contributed by atoms with Gasteiger partial charge in [0.15, 0.2) is 5.96 Å². The molecule has 0 aliphatic carbocycles. The van der Waals surface area contributed by atoms with Gasteiger partial charge < -0.3 is 19.9 Å². The maximum atomic E-state index is 12.5. The summed E-state index contributed by atoms with van der Waals surface area (Å²) in [6, 6.07) is 8.73. The van der Waals surface area contributed by atoms with Gasteiger partial charge in [0.1, 0.15) is 0 Å². The van der Waals surface area contributed by atoms with Gasteiger partial charge in [-0.3, -0.25) is 14.7 Å². The number of morpholine rings is 1. The number of carbonyl (C=O) groups is 1. The number of carbonyl (C=O) groups excluding carboxylic acids is 1. The van der Waals surface area contributed by atoms with E-state index < -0.39 is 0 Å². The Morgan fingerprint density at radius 2 is 1.73 bits per heavy atom. The van der Waals surface area contributed by atoms with E-state index in [2.05, 4.69) is 60.2 Å². The van der Waals surface area contributed by atoms with E-state index in [1.165, 1.54) is 11.1 Å². The normalized spacial score (nSPS) is 19.6. The SMILES string of the molecule is CCNC(=NCC(C)c1ccc(C)cc1)N1CCN(CC(=O)N2CCOCC2)CC1. The van der Waals surface area contributed by atoms with E-state index in [1.807, 2.05) is 4.90 Å². The molecule has 1 atom stereocenters. The first-order valence-corrected chi connectivity index (χ1v) is 11.2. The smallest absolute Gasteiger partial charge is 0.236 e. The fourth-order valence-electron chi connectivity index (χ4n) is 3.87. The number of guanidine groups is 1. The second kappa shape index (κ2) is 11.3. The van der Waals surface area contributed by atoms with Crippen LogP contribution in [0.1, 0.15) is 30.9 Å². The van der Waals surface area contributed by atoms with Crippen LogP contribution in [0.25, 0.3) is 0 Å². The second-order valence-electron chi connectivity index (χ2n) is 8.26. The molecule has 2 aliphatic rings. The summed E-state index contributed by atoms with van der Waals surface area (Å²) in [6.45, 7) is 14.9. The lowest BCUT2D eigenvalue weighted by atomic mass is 10.0. The van der Waals surface area contributed by atoms with E-state index in [1.54, 1.807) is 0 Å². The van der Waals surface area contributed by atoms with Gasteiger partial charge in [-0.2, -0.15) is 0 Å². The third-order valence-corrected chi connectivity index (χ3v) is 5.89.